The highest BCUT2D eigenvalue weighted by molar-refractivity contribution is 5.77. The molecule has 134 valence electrons. The van der Waals surface area contributed by atoms with E-state index >= 15 is 0 Å². The molecule has 0 aliphatic rings. The van der Waals surface area contributed by atoms with Crippen molar-refractivity contribution in [3.8, 4) is 17.6 Å². The molecule has 0 bridgehead atoms. The summed E-state index contributed by atoms with van der Waals surface area (Å²) in [5, 5.41) is 9.13. The Kier molecular flexibility index (Phi) is 4.38. The number of hydrogen-bond acceptors (Lipinski definition) is 4. The van der Waals surface area contributed by atoms with E-state index in [2.05, 4.69) is 27.5 Å². The van der Waals surface area contributed by atoms with Gasteiger partial charge in [-0.15, -0.1) is 0 Å². The van der Waals surface area contributed by atoms with E-state index in [1.165, 1.54) is 6.07 Å². The number of hydrogen-bond donors (Lipinski definition) is 0. The highest BCUT2D eigenvalue weighted by atomic mass is 19.1. The quantitative estimate of drug-likeness (QED) is 0.543. The van der Waals surface area contributed by atoms with Crippen LogP contribution < -0.4 is 0 Å². The molecule has 0 spiro atoms. The summed E-state index contributed by atoms with van der Waals surface area (Å²) in [4.78, 5) is 13.1. The van der Waals surface area contributed by atoms with E-state index in [9.17, 15) is 4.39 Å². The summed E-state index contributed by atoms with van der Waals surface area (Å²) in [6, 6.07) is 10.6. The minimum atomic E-state index is -0.411. The van der Waals surface area contributed by atoms with Crippen molar-refractivity contribution in [2.24, 2.45) is 0 Å². The molecule has 0 amide bonds. The van der Waals surface area contributed by atoms with Crippen LogP contribution in [0.5, 0.6) is 0 Å². The van der Waals surface area contributed by atoms with Crippen LogP contribution in [0.15, 0.2) is 48.9 Å². The zero-order chi connectivity index (χ0) is 18.8. The zero-order valence-electron chi connectivity index (χ0n) is 14.8. The second-order valence-electron chi connectivity index (χ2n) is 6.21. The van der Waals surface area contributed by atoms with Gasteiger partial charge in [-0.25, -0.2) is 19.3 Å². The molecule has 6 nitrogen and oxygen atoms in total. The van der Waals surface area contributed by atoms with Crippen LogP contribution >= 0.6 is 0 Å². The molecule has 7 heteroatoms. The summed E-state index contributed by atoms with van der Waals surface area (Å²) in [7, 11) is 0. The Balaban J connectivity index is 1.79. The third-order valence-corrected chi connectivity index (χ3v) is 4.40. The van der Waals surface area contributed by atoms with Gasteiger partial charge in [0.25, 0.3) is 0 Å². The van der Waals surface area contributed by atoms with Gasteiger partial charge in [-0.2, -0.15) is 5.26 Å². The van der Waals surface area contributed by atoms with Crippen molar-refractivity contribution in [3.63, 3.8) is 0 Å². The molecule has 3 aromatic heterocycles. The Morgan fingerprint density at radius 2 is 2.07 bits per heavy atom. The van der Waals surface area contributed by atoms with Gasteiger partial charge in [-0.05, 0) is 36.8 Å². The first kappa shape index (κ1) is 16.9. The van der Waals surface area contributed by atoms with Crippen molar-refractivity contribution >= 4 is 11.0 Å². The van der Waals surface area contributed by atoms with Crippen molar-refractivity contribution in [2.45, 2.75) is 26.4 Å². The normalized spacial score (nSPS) is 11.0. The Labute approximate surface area is 155 Å². The van der Waals surface area contributed by atoms with Crippen molar-refractivity contribution in [2.75, 3.05) is 0 Å². The maximum Gasteiger partial charge on any atom is 0.162 e. The van der Waals surface area contributed by atoms with Gasteiger partial charge in [-0.1, -0.05) is 6.92 Å². The van der Waals surface area contributed by atoms with E-state index in [1.807, 2.05) is 10.6 Å². The van der Waals surface area contributed by atoms with Gasteiger partial charge in [0.2, 0.25) is 0 Å². The van der Waals surface area contributed by atoms with E-state index in [-0.39, 0.29) is 5.69 Å². The number of nitrogens with zero attached hydrogens (tertiary/aromatic N) is 6. The fraction of sp³-hybridized carbons (Fsp3) is 0.200. The number of pyridine rings is 1. The van der Waals surface area contributed by atoms with Gasteiger partial charge >= 0.3 is 0 Å². The van der Waals surface area contributed by atoms with E-state index < -0.39 is 5.82 Å². The predicted octanol–water partition coefficient (Wildman–Crippen LogP) is 3.76. The molecule has 0 saturated carbocycles. The predicted molar refractivity (Wildman–Crippen MR) is 99.3 cm³/mol. The molecule has 4 rings (SSSR count). The molecular formula is C20H17FN6. The molecule has 27 heavy (non-hydrogen) atoms. The number of fused-ring (bicyclic) bond motifs is 1. The molecule has 0 aliphatic heterocycles. The summed E-state index contributed by atoms with van der Waals surface area (Å²) >= 11 is 0. The number of halogens is 1. The summed E-state index contributed by atoms with van der Waals surface area (Å²) in [5.74, 6) is 0.879. The van der Waals surface area contributed by atoms with Crippen LogP contribution in [0.25, 0.3) is 22.6 Å². The fourth-order valence-electron chi connectivity index (χ4n) is 3.20. The molecular weight excluding hydrogens is 343 g/mol. The van der Waals surface area contributed by atoms with E-state index in [1.54, 1.807) is 36.8 Å². The lowest BCUT2D eigenvalue weighted by Gasteiger charge is -2.10. The van der Waals surface area contributed by atoms with Gasteiger partial charge in [0, 0.05) is 25.1 Å². The van der Waals surface area contributed by atoms with Crippen molar-refractivity contribution in [3.05, 3.63) is 66.1 Å². The third-order valence-electron chi connectivity index (χ3n) is 4.40. The molecule has 1 aromatic carbocycles. The van der Waals surface area contributed by atoms with E-state index in [4.69, 9.17) is 10.2 Å². The topological polar surface area (TPSA) is 72.3 Å². The molecule has 0 saturated heterocycles. The Morgan fingerprint density at radius 1 is 1.19 bits per heavy atom. The fourth-order valence-corrected chi connectivity index (χ4v) is 3.20. The largest absolute Gasteiger partial charge is 0.326 e. The summed E-state index contributed by atoms with van der Waals surface area (Å²) in [6.07, 6.45) is 5.92. The maximum absolute atomic E-state index is 14.2. The first-order valence-corrected chi connectivity index (χ1v) is 8.72. The molecule has 0 N–H and O–H groups in total. The molecule has 0 unspecified atom stereocenters. The van der Waals surface area contributed by atoms with Crippen molar-refractivity contribution in [1.82, 2.24) is 24.1 Å². The number of aromatic nitrogens is 5. The molecule has 0 radical (unpaired) electrons. The molecule has 0 aliphatic carbocycles. The highest BCUT2D eigenvalue weighted by Crippen LogP contribution is 2.22. The SMILES string of the molecule is CCCn1c(Cn2ccnc2-c2ncccc2F)nc2cc(C#N)ccc21. The maximum atomic E-state index is 14.2. The molecule has 4 aromatic rings. The number of imidazole rings is 2. The van der Waals surface area contributed by atoms with E-state index in [0.717, 1.165) is 29.8 Å². The third kappa shape index (κ3) is 3.06. The van der Waals surface area contributed by atoms with Gasteiger partial charge in [0.05, 0.1) is 29.2 Å². The van der Waals surface area contributed by atoms with Crippen LogP contribution in [0.1, 0.15) is 24.7 Å². The minimum absolute atomic E-state index is 0.215. The number of rotatable bonds is 5. The average Bonchev–Trinajstić information content (AvgIpc) is 3.27. The second-order valence-corrected chi connectivity index (χ2v) is 6.21. The summed E-state index contributed by atoms with van der Waals surface area (Å²) < 4.78 is 18.1. The van der Waals surface area contributed by atoms with Crippen LogP contribution in [0.4, 0.5) is 4.39 Å². The first-order valence-electron chi connectivity index (χ1n) is 8.72. The lowest BCUT2D eigenvalue weighted by Crippen LogP contribution is -2.10. The van der Waals surface area contributed by atoms with Crippen LogP contribution in [0.2, 0.25) is 0 Å². The summed E-state index contributed by atoms with van der Waals surface area (Å²) in [5.41, 5.74) is 2.56. The van der Waals surface area contributed by atoms with Crippen LogP contribution in [-0.4, -0.2) is 24.1 Å². The minimum Gasteiger partial charge on any atom is -0.326 e. The van der Waals surface area contributed by atoms with Gasteiger partial charge in [0.15, 0.2) is 11.6 Å². The second kappa shape index (κ2) is 7.00. The number of aryl methyl sites for hydroxylation is 1. The summed E-state index contributed by atoms with van der Waals surface area (Å²) in [6.45, 7) is 3.34. The molecule has 3 heterocycles. The standard InChI is InChI=1S/C20H17FN6/c1-2-9-27-17-6-5-14(12-22)11-16(17)25-18(27)13-26-10-8-24-20(26)19-15(21)4-3-7-23-19/h3-8,10-11H,2,9,13H2,1H3. The van der Waals surface area contributed by atoms with Crippen molar-refractivity contribution in [1.29, 1.82) is 5.26 Å². The average molecular weight is 360 g/mol. The monoisotopic (exact) mass is 360 g/mol. The lowest BCUT2D eigenvalue weighted by atomic mass is 10.2. The number of nitriles is 1. The highest BCUT2D eigenvalue weighted by Gasteiger charge is 2.16. The van der Waals surface area contributed by atoms with Gasteiger partial charge in [-0.3, -0.25) is 0 Å². The first-order chi connectivity index (χ1) is 13.2. The van der Waals surface area contributed by atoms with Crippen LogP contribution in [-0.2, 0) is 13.1 Å². The van der Waals surface area contributed by atoms with Crippen LogP contribution in [0, 0.1) is 17.1 Å². The smallest absolute Gasteiger partial charge is 0.162 e. The van der Waals surface area contributed by atoms with Gasteiger partial charge < -0.3 is 9.13 Å². The zero-order valence-corrected chi connectivity index (χ0v) is 14.8. The van der Waals surface area contributed by atoms with Crippen LogP contribution in [0.3, 0.4) is 0 Å². The Morgan fingerprint density at radius 3 is 2.85 bits per heavy atom. The Hall–Kier alpha value is -3.53. The molecule has 0 fully saturated rings. The number of benzene rings is 1. The van der Waals surface area contributed by atoms with Gasteiger partial charge in [0.1, 0.15) is 11.5 Å². The molecule has 0 atom stereocenters. The lowest BCUT2D eigenvalue weighted by molar-refractivity contribution is 0.612. The van der Waals surface area contributed by atoms with Crippen molar-refractivity contribution < 1.29 is 4.39 Å². The Bertz CT molecular complexity index is 1150. The van der Waals surface area contributed by atoms with E-state index in [0.29, 0.717) is 17.9 Å².